The zero-order valence-corrected chi connectivity index (χ0v) is 18.6. The van der Waals surface area contributed by atoms with Gasteiger partial charge in [-0.05, 0) is 56.5 Å². The van der Waals surface area contributed by atoms with E-state index in [1.165, 1.54) is 11.8 Å². The van der Waals surface area contributed by atoms with Crippen LogP contribution in [0.25, 0.3) is 0 Å². The van der Waals surface area contributed by atoms with Gasteiger partial charge in [-0.1, -0.05) is 11.8 Å². The molecule has 2 aromatic heterocycles. The first-order chi connectivity index (χ1) is 15.5. The number of nitrogens with zero attached hydrogens (tertiary/aromatic N) is 3. The summed E-state index contributed by atoms with van der Waals surface area (Å²) in [5.41, 5.74) is 2.69. The van der Waals surface area contributed by atoms with E-state index < -0.39 is 6.17 Å². The van der Waals surface area contributed by atoms with Crippen molar-refractivity contribution in [1.29, 1.82) is 0 Å². The van der Waals surface area contributed by atoms with Crippen LogP contribution >= 0.6 is 11.8 Å². The van der Waals surface area contributed by atoms with E-state index >= 15 is 0 Å². The number of aryl methyl sites for hydroxylation is 1. The molecule has 7 nitrogen and oxygen atoms in total. The maximum atomic E-state index is 13.8. The lowest BCUT2D eigenvalue weighted by molar-refractivity contribution is -0.117. The standard InChI is InChI=1S/C23H25FN6OS/c1-14-10-21(29-28-14)26-20-11-18(30-9-8-16(24)13-30)12-22(27-20)32-19-6-4-17(5-7-19)25-23(31)15-2-3-15/h4-7,10-12,15-16H,2-3,8-9,13H2,1H3,(H,25,31)(H2,26,27,28,29)/t16-/m0/s1. The number of carbonyl (C=O) groups is 1. The van der Waals surface area contributed by atoms with Crippen molar-refractivity contribution < 1.29 is 9.18 Å². The summed E-state index contributed by atoms with van der Waals surface area (Å²) in [6.45, 7) is 3.02. The van der Waals surface area contributed by atoms with E-state index in [-0.39, 0.29) is 11.8 Å². The minimum absolute atomic E-state index is 0.0980. The quantitative estimate of drug-likeness (QED) is 0.473. The SMILES string of the molecule is Cc1cc(Nc2cc(N3CC[C@H](F)C3)cc(Sc3ccc(NC(=O)C4CC4)cc3)n2)n[nH]1. The number of anilines is 4. The number of alkyl halides is 1. The van der Waals surface area contributed by atoms with Gasteiger partial charge in [0.2, 0.25) is 5.91 Å². The molecular formula is C23H25FN6OS. The number of halogens is 1. The average Bonchev–Trinajstić information content (AvgIpc) is 3.42. The summed E-state index contributed by atoms with van der Waals surface area (Å²) in [5, 5.41) is 14.1. The van der Waals surface area contributed by atoms with Gasteiger partial charge in [0.15, 0.2) is 5.82 Å². The first-order valence-electron chi connectivity index (χ1n) is 10.8. The summed E-state index contributed by atoms with van der Waals surface area (Å²) in [6, 6.07) is 13.6. The number of carbonyl (C=O) groups excluding carboxylic acids is 1. The molecule has 1 saturated heterocycles. The molecular weight excluding hydrogens is 427 g/mol. The number of H-pyrrole nitrogens is 1. The number of rotatable bonds is 7. The molecule has 0 unspecified atom stereocenters. The summed E-state index contributed by atoms with van der Waals surface area (Å²) < 4.78 is 13.8. The van der Waals surface area contributed by atoms with Crippen molar-refractivity contribution in [3.05, 3.63) is 48.2 Å². The van der Waals surface area contributed by atoms with E-state index in [0.717, 1.165) is 39.8 Å². The Labute approximate surface area is 190 Å². The van der Waals surface area contributed by atoms with Crippen molar-refractivity contribution in [2.45, 2.75) is 42.3 Å². The second-order valence-corrected chi connectivity index (χ2v) is 9.43. The summed E-state index contributed by atoms with van der Waals surface area (Å²) in [7, 11) is 0. The molecule has 166 valence electrons. The maximum absolute atomic E-state index is 13.8. The van der Waals surface area contributed by atoms with Crippen molar-refractivity contribution in [3.63, 3.8) is 0 Å². The second-order valence-electron chi connectivity index (χ2n) is 8.33. The molecule has 1 atom stereocenters. The molecule has 2 aliphatic rings. The Balaban J connectivity index is 1.35. The zero-order chi connectivity index (χ0) is 22.1. The minimum Gasteiger partial charge on any atom is -0.368 e. The van der Waals surface area contributed by atoms with Crippen LogP contribution in [0.4, 0.5) is 27.4 Å². The second kappa shape index (κ2) is 8.82. The molecule has 9 heteroatoms. The Hall–Kier alpha value is -3.07. The lowest BCUT2D eigenvalue weighted by Gasteiger charge is -2.19. The normalized spacial score (nSPS) is 18.1. The molecule has 5 rings (SSSR count). The van der Waals surface area contributed by atoms with E-state index in [9.17, 15) is 9.18 Å². The number of nitrogens with one attached hydrogen (secondary N) is 3. The third-order valence-corrected chi connectivity index (χ3v) is 6.46. The number of aromatic amines is 1. The number of aromatic nitrogens is 3. The van der Waals surface area contributed by atoms with Gasteiger partial charge >= 0.3 is 0 Å². The smallest absolute Gasteiger partial charge is 0.227 e. The van der Waals surface area contributed by atoms with Gasteiger partial charge in [-0.3, -0.25) is 9.89 Å². The van der Waals surface area contributed by atoms with E-state index in [1.807, 2.05) is 54.3 Å². The Morgan fingerprint density at radius 3 is 2.62 bits per heavy atom. The van der Waals surface area contributed by atoms with Crippen molar-refractivity contribution in [3.8, 4) is 0 Å². The van der Waals surface area contributed by atoms with Crippen molar-refractivity contribution in [1.82, 2.24) is 15.2 Å². The number of hydrogen-bond acceptors (Lipinski definition) is 6. The van der Waals surface area contributed by atoms with Crippen LogP contribution in [0.15, 0.2) is 52.4 Å². The molecule has 1 aliphatic carbocycles. The highest BCUT2D eigenvalue weighted by Gasteiger charge is 2.29. The molecule has 0 bridgehead atoms. The molecule has 1 aromatic carbocycles. The van der Waals surface area contributed by atoms with E-state index in [0.29, 0.717) is 31.1 Å². The third-order valence-electron chi connectivity index (χ3n) is 5.54. The molecule has 3 heterocycles. The van der Waals surface area contributed by atoms with Gasteiger partial charge in [0.25, 0.3) is 0 Å². The molecule has 1 amide bonds. The molecule has 1 aliphatic heterocycles. The molecule has 0 radical (unpaired) electrons. The van der Waals surface area contributed by atoms with Gasteiger partial charge in [0, 0.05) is 53.1 Å². The number of benzene rings is 1. The van der Waals surface area contributed by atoms with Crippen LogP contribution in [-0.2, 0) is 4.79 Å². The fourth-order valence-corrected chi connectivity index (χ4v) is 4.51. The molecule has 1 saturated carbocycles. The number of hydrogen-bond donors (Lipinski definition) is 3. The lowest BCUT2D eigenvalue weighted by Crippen LogP contribution is -2.20. The van der Waals surface area contributed by atoms with E-state index in [2.05, 4.69) is 20.8 Å². The van der Waals surface area contributed by atoms with Gasteiger partial charge in [0.1, 0.15) is 17.0 Å². The van der Waals surface area contributed by atoms with Crippen LogP contribution in [-0.4, -0.2) is 40.3 Å². The first kappa shape index (κ1) is 20.8. The van der Waals surface area contributed by atoms with Crippen molar-refractivity contribution in [2.75, 3.05) is 28.6 Å². The predicted octanol–water partition coefficient (Wildman–Crippen LogP) is 4.90. The highest BCUT2D eigenvalue weighted by molar-refractivity contribution is 7.99. The minimum atomic E-state index is -0.803. The zero-order valence-electron chi connectivity index (χ0n) is 17.8. The monoisotopic (exact) mass is 452 g/mol. The van der Waals surface area contributed by atoms with E-state index in [4.69, 9.17) is 4.98 Å². The molecule has 0 spiro atoms. The van der Waals surface area contributed by atoms with Crippen LogP contribution in [0.5, 0.6) is 0 Å². The largest absolute Gasteiger partial charge is 0.368 e. The van der Waals surface area contributed by atoms with Gasteiger partial charge in [-0.25, -0.2) is 9.37 Å². The van der Waals surface area contributed by atoms with Crippen molar-refractivity contribution in [2.24, 2.45) is 5.92 Å². The summed E-state index contributed by atoms with van der Waals surface area (Å²) in [5.74, 6) is 1.62. The maximum Gasteiger partial charge on any atom is 0.227 e. The van der Waals surface area contributed by atoms with Crippen LogP contribution in [0, 0.1) is 12.8 Å². The number of amides is 1. The van der Waals surface area contributed by atoms with Gasteiger partial charge in [-0.15, -0.1) is 0 Å². The highest BCUT2D eigenvalue weighted by atomic mass is 32.2. The Morgan fingerprint density at radius 2 is 1.97 bits per heavy atom. The predicted molar refractivity (Wildman–Crippen MR) is 124 cm³/mol. The molecule has 3 N–H and O–H groups in total. The van der Waals surface area contributed by atoms with E-state index in [1.54, 1.807) is 0 Å². The average molecular weight is 453 g/mol. The summed E-state index contributed by atoms with van der Waals surface area (Å²) in [6.07, 6.45) is 1.70. The Morgan fingerprint density at radius 1 is 1.16 bits per heavy atom. The first-order valence-corrected chi connectivity index (χ1v) is 11.6. The van der Waals surface area contributed by atoms with Gasteiger partial charge in [0.05, 0.1) is 0 Å². The van der Waals surface area contributed by atoms with Gasteiger partial charge in [-0.2, -0.15) is 5.10 Å². The summed E-state index contributed by atoms with van der Waals surface area (Å²) in [4.78, 5) is 19.7. The third kappa shape index (κ3) is 5.04. The fraction of sp³-hybridized carbons (Fsp3) is 0.348. The van der Waals surface area contributed by atoms with Gasteiger partial charge < -0.3 is 15.5 Å². The van der Waals surface area contributed by atoms with Crippen molar-refractivity contribution >= 4 is 40.7 Å². The molecule has 2 fully saturated rings. The van der Waals surface area contributed by atoms with Crippen LogP contribution < -0.4 is 15.5 Å². The fourth-order valence-electron chi connectivity index (χ4n) is 3.67. The molecule has 3 aromatic rings. The van der Waals surface area contributed by atoms with Crippen LogP contribution in [0.1, 0.15) is 25.0 Å². The van der Waals surface area contributed by atoms with Crippen LogP contribution in [0.3, 0.4) is 0 Å². The Kier molecular flexibility index (Phi) is 5.73. The number of pyridine rings is 1. The summed E-state index contributed by atoms with van der Waals surface area (Å²) >= 11 is 1.53. The lowest BCUT2D eigenvalue weighted by atomic mass is 10.3. The highest BCUT2D eigenvalue weighted by Crippen LogP contribution is 2.34. The Bertz CT molecular complexity index is 1110. The van der Waals surface area contributed by atoms with Crippen LogP contribution in [0.2, 0.25) is 0 Å². The molecule has 32 heavy (non-hydrogen) atoms. The topological polar surface area (TPSA) is 85.9 Å².